The normalized spacial score (nSPS) is 26.9. The van der Waals surface area contributed by atoms with Gasteiger partial charge in [0, 0.05) is 12.3 Å². The van der Waals surface area contributed by atoms with E-state index in [1.807, 2.05) is 4.98 Å². The van der Waals surface area contributed by atoms with Crippen LogP contribution in [0, 0.1) is 18.3 Å². The Labute approximate surface area is 214 Å². The largest absolute Gasteiger partial charge is 0.463 e. The molecule has 1 aliphatic rings. The van der Waals surface area contributed by atoms with E-state index in [0.29, 0.717) is 4.57 Å². The molecule has 0 bridgehead atoms. The minimum Gasteiger partial charge on any atom is -0.463 e. The summed E-state index contributed by atoms with van der Waals surface area (Å²) < 4.78 is 68.4. The van der Waals surface area contributed by atoms with Crippen LogP contribution in [0.4, 0.5) is 4.39 Å². The molecular formula is C24H28FN2O9P. The lowest BCUT2D eigenvalue weighted by Gasteiger charge is -2.24. The lowest BCUT2D eigenvalue weighted by Crippen LogP contribution is -2.45. The van der Waals surface area contributed by atoms with Gasteiger partial charge in [0.25, 0.3) is 5.56 Å². The predicted octanol–water partition coefficient (Wildman–Crippen LogP) is 2.01. The summed E-state index contributed by atoms with van der Waals surface area (Å²) in [5, 5.41) is 10.7. The summed E-state index contributed by atoms with van der Waals surface area (Å²) in [6.45, 7) is 1.34. The molecule has 1 saturated heterocycles. The van der Waals surface area contributed by atoms with Gasteiger partial charge >= 0.3 is 19.3 Å². The molecule has 1 fully saturated rings. The van der Waals surface area contributed by atoms with Gasteiger partial charge in [-0.2, -0.15) is 0 Å². The summed E-state index contributed by atoms with van der Waals surface area (Å²) in [5.74, 6) is -0.163. The second-order valence-corrected chi connectivity index (χ2v) is 10.5. The summed E-state index contributed by atoms with van der Waals surface area (Å²) in [6.07, 6.45) is -1.77. The number of nitrogens with one attached hydrogen (secondary N) is 1. The van der Waals surface area contributed by atoms with Crippen molar-refractivity contribution >= 4 is 13.6 Å². The molecule has 2 heterocycles. The molecule has 0 aliphatic carbocycles. The smallest absolute Gasteiger partial charge is 0.380 e. The number of aliphatic hydroxyl groups excluding tert-OH is 1. The lowest BCUT2D eigenvalue weighted by molar-refractivity contribution is -0.151. The number of carbonyl (C=O) groups is 1. The second-order valence-electron chi connectivity index (χ2n) is 8.58. The fourth-order valence-electron chi connectivity index (χ4n) is 3.43. The van der Waals surface area contributed by atoms with E-state index in [1.165, 1.54) is 19.1 Å². The van der Waals surface area contributed by atoms with Gasteiger partial charge < -0.3 is 19.1 Å². The van der Waals surface area contributed by atoms with Crippen LogP contribution in [0.1, 0.15) is 29.7 Å². The number of halogens is 1. The van der Waals surface area contributed by atoms with Crippen LogP contribution < -0.4 is 15.8 Å². The summed E-state index contributed by atoms with van der Waals surface area (Å²) in [6, 6.07) is 8.42. The number of para-hydroxylation sites is 1. The van der Waals surface area contributed by atoms with Gasteiger partial charge in [0.1, 0.15) is 18.0 Å². The average Bonchev–Trinajstić information content (AvgIpc) is 3.10. The third kappa shape index (κ3) is 6.56. The highest BCUT2D eigenvalue weighted by molar-refractivity contribution is 7.54. The quantitative estimate of drug-likeness (QED) is 0.263. The highest BCUT2D eigenvalue weighted by atomic mass is 31.2. The van der Waals surface area contributed by atoms with E-state index >= 15 is 4.39 Å². The number of hydrogen-bond donors (Lipinski definition) is 2. The zero-order valence-corrected chi connectivity index (χ0v) is 21.1. The number of esters is 1. The van der Waals surface area contributed by atoms with E-state index in [0.717, 1.165) is 12.3 Å². The number of rotatable bonds is 10. The van der Waals surface area contributed by atoms with Crippen molar-refractivity contribution in [1.29, 1.82) is 0 Å². The van der Waals surface area contributed by atoms with Gasteiger partial charge in [0.15, 0.2) is 6.23 Å². The van der Waals surface area contributed by atoms with E-state index in [-0.39, 0.29) is 5.75 Å². The molecule has 2 aromatic rings. The van der Waals surface area contributed by atoms with Gasteiger partial charge in [-0.1, -0.05) is 31.0 Å². The monoisotopic (exact) mass is 540 g/mol. The van der Waals surface area contributed by atoms with Crippen LogP contribution >= 0.6 is 7.60 Å². The minimum absolute atomic E-state index is 0.00933. The molecule has 37 heavy (non-hydrogen) atoms. The van der Waals surface area contributed by atoms with Crippen molar-refractivity contribution < 1.29 is 40.1 Å². The lowest BCUT2D eigenvalue weighted by atomic mass is 9.97. The zero-order chi connectivity index (χ0) is 29.2. The molecule has 11 nitrogen and oxygen atoms in total. The van der Waals surface area contributed by atoms with E-state index in [4.69, 9.17) is 27.7 Å². The number of ether oxygens (including phenoxy) is 2. The van der Waals surface area contributed by atoms with Crippen molar-refractivity contribution in [2.24, 2.45) is 5.92 Å². The van der Waals surface area contributed by atoms with Crippen molar-refractivity contribution in [3.05, 3.63) is 63.4 Å². The Hall–Kier alpha value is -3.23. The van der Waals surface area contributed by atoms with E-state index in [1.54, 1.807) is 38.0 Å². The first-order chi connectivity index (χ1) is 18.1. The highest BCUT2D eigenvalue weighted by Crippen LogP contribution is 2.51. The standard InChI is InChI=1S/C24H28FN2O9P/c1-5-24(25)20(29)18(35-22(24)27-12-11-19(28)26-23(27)31)13-33-37(32,36-17-9-7-6-8-10-17)14-16(4)21(30)34-15(2)3/h1,6-12,15-16,18,20,22,29H,13-14H2,2-4H3,(H,26,28,31)/t16-,18-,20+,22-,24?,37+/m1/s1/i13D2. The van der Waals surface area contributed by atoms with Gasteiger partial charge in [0.2, 0.25) is 5.67 Å². The topological polar surface area (TPSA) is 146 Å². The first kappa shape index (κ1) is 25.4. The van der Waals surface area contributed by atoms with Crippen LogP contribution in [0.15, 0.2) is 52.2 Å². The number of H-pyrrole nitrogens is 1. The van der Waals surface area contributed by atoms with Gasteiger partial charge in [-0.3, -0.25) is 23.7 Å². The maximum absolute atomic E-state index is 15.8. The van der Waals surface area contributed by atoms with Crippen molar-refractivity contribution in [3.63, 3.8) is 0 Å². The number of aromatic amines is 1. The summed E-state index contributed by atoms with van der Waals surface area (Å²) in [5.41, 5.74) is -5.13. The maximum Gasteiger partial charge on any atom is 0.380 e. The Morgan fingerprint density at radius 2 is 2.03 bits per heavy atom. The average molecular weight is 540 g/mol. The second kappa shape index (κ2) is 11.4. The third-order valence-corrected chi connectivity index (χ3v) is 7.09. The molecule has 6 atom stereocenters. The molecular weight excluding hydrogens is 510 g/mol. The number of benzene rings is 1. The summed E-state index contributed by atoms with van der Waals surface area (Å²) in [7, 11) is -4.61. The van der Waals surface area contributed by atoms with Crippen LogP contribution in [0.25, 0.3) is 0 Å². The fourth-order valence-corrected chi connectivity index (χ4v) is 5.15. The molecule has 0 radical (unpaired) electrons. The Kier molecular flexibility index (Phi) is 7.86. The number of carbonyl (C=O) groups excluding carboxylic acids is 1. The van der Waals surface area contributed by atoms with Crippen LogP contribution in [0.5, 0.6) is 5.75 Å². The molecule has 1 unspecified atom stereocenters. The van der Waals surface area contributed by atoms with Crippen LogP contribution in [0.2, 0.25) is 0 Å². The predicted molar refractivity (Wildman–Crippen MR) is 130 cm³/mol. The molecule has 0 spiro atoms. The maximum atomic E-state index is 15.8. The molecule has 3 rings (SSSR count). The van der Waals surface area contributed by atoms with Crippen LogP contribution in [-0.4, -0.2) is 57.3 Å². The molecule has 1 aliphatic heterocycles. The zero-order valence-electron chi connectivity index (χ0n) is 22.2. The SMILES string of the molecule is [2H]C([2H])(O[P@@](=O)(C[C@@H](C)C(=O)OC(C)C)Oc1ccccc1)[C@H]1O[C@@H](n2ccc(=O)[nH]c2=O)C(F)(C#C)[C@H]1O. The molecule has 0 amide bonds. The number of aromatic nitrogens is 2. The highest BCUT2D eigenvalue weighted by Gasteiger charge is 2.58. The minimum atomic E-state index is -4.61. The number of hydrogen-bond acceptors (Lipinski definition) is 9. The van der Waals surface area contributed by atoms with Gasteiger partial charge in [-0.15, -0.1) is 6.42 Å². The third-order valence-electron chi connectivity index (χ3n) is 5.22. The van der Waals surface area contributed by atoms with Gasteiger partial charge in [-0.25, -0.2) is 13.8 Å². The number of alkyl halides is 1. The summed E-state index contributed by atoms with van der Waals surface area (Å²) in [4.78, 5) is 38.0. The Morgan fingerprint density at radius 1 is 1.35 bits per heavy atom. The molecule has 1 aromatic heterocycles. The van der Waals surface area contributed by atoms with Gasteiger partial charge in [-0.05, 0) is 26.0 Å². The Morgan fingerprint density at radius 3 is 2.62 bits per heavy atom. The number of terminal acetylenes is 1. The first-order valence-corrected chi connectivity index (χ1v) is 12.9. The van der Waals surface area contributed by atoms with Crippen molar-refractivity contribution in [3.8, 4) is 18.1 Å². The molecule has 2 N–H and O–H groups in total. The van der Waals surface area contributed by atoms with E-state index < -0.39 is 73.7 Å². The van der Waals surface area contributed by atoms with Crippen molar-refractivity contribution in [2.45, 2.75) is 51.0 Å². The first-order valence-electron chi connectivity index (χ1n) is 12.2. The summed E-state index contributed by atoms with van der Waals surface area (Å²) >= 11 is 0. The molecule has 200 valence electrons. The molecule has 0 saturated carbocycles. The van der Waals surface area contributed by atoms with Crippen LogP contribution in [0.3, 0.4) is 0 Å². The molecule has 13 heteroatoms. The fraction of sp³-hybridized carbons (Fsp3) is 0.458. The van der Waals surface area contributed by atoms with Crippen molar-refractivity contribution in [2.75, 3.05) is 12.7 Å². The van der Waals surface area contributed by atoms with Crippen molar-refractivity contribution in [1.82, 2.24) is 9.55 Å². The number of aliphatic hydroxyl groups is 1. The number of nitrogens with zero attached hydrogens (tertiary/aromatic N) is 1. The van der Waals surface area contributed by atoms with E-state index in [2.05, 4.69) is 0 Å². The van der Waals surface area contributed by atoms with Crippen LogP contribution in [-0.2, 0) is 23.4 Å². The molecule has 1 aromatic carbocycles. The van der Waals surface area contributed by atoms with Gasteiger partial charge in [0.05, 0.1) is 27.5 Å². The van der Waals surface area contributed by atoms with E-state index in [9.17, 15) is 24.1 Å². The Balaban J connectivity index is 1.96. The Bertz CT molecular complexity index is 1390.